The van der Waals surface area contributed by atoms with Crippen molar-refractivity contribution in [3.05, 3.63) is 35.9 Å². The molecule has 2 rings (SSSR count). The molecule has 1 aromatic rings. The predicted octanol–water partition coefficient (Wildman–Crippen LogP) is 5.97. The molecule has 0 spiro atoms. The average Bonchev–Trinajstić information content (AvgIpc) is 3.18. The van der Waals surface area contributed by atoms with Crippen LogP contribution in [0.4, 0.5) is 4.79 Å². The van der Waals surface area contributed by atoms with Gasteiger partial charge in [-0.05, 0) is 43.5 Å². The van der Waals surface area contributed by atoms with E-state index >= 15 is 0 Å². The van der Waals surface area contributed by atoms with Crippen LogP contribution < -0.4 is 0 Å². The number of benzene rings is 1. The van der Waals surface area contributed by atoms with Crippen LogP contribution in [-0.4, -0.2) is 56.0 Å². The fraction of sp³-hybridized carbons (Fsp3) is 0.679. The van der Waals surface area contributed by atoms with E-state index in [-0.39, 0.29) is 42.0 Å². The first kappa shape index (κ1) is 30.0. The molecule has 202 valence electrons. The SMILES string of the molecule is CCC(=O)O[C@@H]([C@@H](C)[C@@H](CC)O[Si](C)(C)C(C)(C)C)[C@@H](C)C(=O)N1C(=O)OC[C@H]1Cc1ccccc1. The molecule has 0 bridgehead atoms. The van der Waals surface area contributed by atoms with Gasteiger partial charge in [-0.1, -0.05) is 71.9 Å². The van der Waals surface area contributed by atoms with Gasteiger partial charge in [0.2, 0.25) is 5.91 Å². The Kier molecular flexibility index (Phi) is 10.3. The molecule has 1 aromatic carbocycles. The third kappa shape index (κ3) is 7.19. The van der Waals surface area contributed by atoms with Gasteiger partial charge in [0, 0.05) is 12.3 Å². The van der Waals surface area contributed by atoms with E-state index in [9.17, 15) is 14.4 Å². The van der Waals surface area contributed by atoms with Crippen LogP contribution >= 0.6 is 0 Å². The summed E-state index contributed by atoms with van der Waals surface area (Å²) >= 11 is 0. The van der Waals surface area contributed by atoms with Crippen molar-refractivity contribution in [3.8, 4) is 0 Å². The molecule has 1 aliphatic rings. The Labute approximate surface area is 218 Å². The summed E-state index contributed by atoms with van der Waals surface area (Å²) in [5.74, 6) is -1.75. The third-order valence-electron chi connectivity index (χ3n) is 7.71. The maximum absolute atomic E-state index is 13.7. The second kappa shape index (κ2) is 12.4. The summed E-state index contributed by atoms with van der Waals surface area (Å²) in [6, 6.07) is 9.31. The Balaban J connectivity index is 2.31. The lowest BCUT2D eigenvalue weighted by Gasteiger charge is -2.42. The molecule has 0 radical (unpaired) electrons. The van der Waals surface area contributed by atoms with Crippen molar-refractivity contribution in [2.24, 2.45) is 11.8 Å². The molecule has 0 aliphatic carbocycles. The van der Waals surface area contributed by atoms with E-state index < -0.39 is 32.5 Å². The Hall–Kier alpha value is -2.19. The molecule has 0 N–H and O–H groups in total. The van der Waals surface area contributed by atoms with Crippen molar-refractivity contribution in [1.82, 2.24) is 4.90 Å². The van der Waals surface area contributed by atoms with E-state index in [1.54, 1.807) is 13.8 Å². The number of carbonyl (C=O) groups excluding carboxylic acids is 3. The van der Waals surface area contributed by atoms with Gasteiger partial charge in [0.05, 0.1) is 18.1 Å². The summed E-state index contributed by atoms with van der Waals surface area (Å²) in [7, 11) is -2.11. The lowest BCUT2D eigenvalue weighted by Crippen LogP contribution is -2.51. The van der Waals surface area contributed by atoms with Crippen LogP contribution in [0.25, 0.3) is 0 Å². The van der Waals surface area contributed by atoms with Gasteiger partial charge >= 0.3 is 12.1 Å². The van der Waals surface area contributed by atoms with Crippen LogP contribution in [0, 0.1) is 11.8 Å². The van der Waals surface area contributed by atoms with Crippen LogP contribution in [0.2, 0.25) is 18.1 Å². The number of carbonyl (C=O) groups is 3. The predicted molar refractivity (Wildman–Crippen MR) is 143 cm³/mol. The molecular formula is C28H45NO6Si. The lowest BCUT2D eigenvalue weighted by molar-refractivity contribution is -0.161. The van der Waals surface area contributed by atoms with Crippen LogP contribution in [0.1, 0.15) is 66.9 Å². The zero-order chi connectivity index (χ0) is 27.3. The molecule has 36 heavy (non-hydrogen) atoms. The van der Waals surface area contributed by atoms with Crippen molar-refractivity contribution >= 4 is 26.3 Å². The van der Waals surface area contributed by atoms with E-state index in [0.717, 1.165) is 12.0 Å². The van der Waals surface area contributed by atoms with E-state index in [0.29, 0.717) is 6.42 Å². The first-order valence-electron chi connectivity index (χ1n) is 13.1. The van der Waals surface area contributed by atoms with Crippen LogP contribution in [0.5, 0.6) is 0 Å². The summed E-state index contributed by atoms with van der Waals surface area (Å²) in [6.45, 7) is 18.6. The molecule has 5 atom stereocenters. The van der Waals surface area contributed by atoms with E-state index in [2.05, 4.69) is 33.9 Å². The lowest BCUT2D eigenvalue weighted by atomic mass is 9.87. The monoisotopic (exact) mass is 519 g/mol. The minimum Gasteiger partial charge on any atom is -0.461 e. The summed E-state index contributed by atoms with van der Waals surface area (Å²) in [4.78, 5) is 40.0. The first-order valence-corrected chi connectivity index (χ1v) is 16.0. The molecule has 0 aromatic heterocycles. The number of imide groups is 1. The fourth-order valence-electron chi connectivity index (χ4n) is 4.36. The topological polar surface area (TPSA) is 82.1 Å². The Morgan fingerprint density at radius 3 is 2.28 bits per heavy atom. The minimum absolute atomic E-state index is 0.0150. The number of hydrogen-bond donors (Lipinski definition) is 0. The molecule has 1 heterocycles. The van der Waals surface area contributed by atoms with Crippen LogP contribution in [0.15, 0.2) is 30.3 Å². The second-order valence-corrected chi connectivity index (χ2v) is 16.2. The molecular weight excluding hydrogens is 474 g/mol. The molecule has 2 amide bonds. The maximum atomic E-state index is 13.7. The average molecular weight is 520 g/mol. The van der Waals surface area contributed by atoms with Crippen molar-refractivity contribution in [3.63, 3.8) is 0 Å². The number of cyclic esters (lactones) is 1. The largest absolute Gasteiger partial charge is 0.461 e. The first-order chi connectivity index (χ1) is 16.7. The van der Waals surface area contributed by atoms with Gasteiger partial charge in [-0.3, -0.25) is 9.59 Å². The summed E-state index contributed by atoms with van der Waals surface area (Å²) in [5.41, 5.74) is 1.02. The fourth-order valence-corrected chi connectivity index (χ4v) is 5.85. The van der Waals surface area contributed by atoms with E-state index in [4.69, 9.17) is 13.9 Å². The number of rotatable bonds is 11. The number of ether oxygens (including phenoxy) is 2. The summed E-state index contributed by atoms with van der Waals surface area (Å²) in [6.07, 6.45) is -0.146. The highest BCUT2D eigenvalue weighted by Gasteiger charge is 2.46. The molecule has 0 unspecified atom stereocenters. The van der Waals surface area contributed by atoms with Crippen molar-refractivity contribution in [1.29, 1.82) is 0 Å². The number of amides is 2. The maximum Gasteiger partial charge on any atom is 0.416 e. The van der Waals surface area contributed by atoms with Gasteiger partial charge in [0.25, 0.3) is 0 Å². The van der Waals surface area contributed by atoms with Gasteiger partial charge in [-0.25, -0.2) is 9.69 Å². The van der Waals surface area contributed by atoms with Crippen LogP contribution in [0.3, 0.4) is 0 Å². The smallest absolute Gasteiger partial charge is 0.416 e. The molecule has 0 saturated carbocycles. The normalized spacial score (nSPS) is 19.9. The third-order valence-corrected chi connectivity index (χ3v) is 12.2. The quantitative estimate of drug-likeness (QED) is 0.265. The highest BCUT2D eigenvalue weighted by Crippen LogP contribution is 2.39. The Morgan fingerprint density at radius 1 is 1.14 bits per heavy atom. The molecule has 7 nitrogen and oxygen atoms in total. The molecule has 1 saturated heterocycles. The van der Waals surface area contributed by atoms with Gasteiger partial charge in [-0.15, -0.1) is 0 Å². The molecule has 1 fully saturated rings. The number of hydrogen-bond acceptors (Lipinski definition) is 6. The zero-order valence-electron chi connectivity index (χ0n) is 23.5. The van der Waals surface area contributed by atoms with Gasteiger partial charge in [0.1, 0.15) is 12.7 Å². The Bertz CT molecular complexity index is 897. The number of esters is 1. The standard InChI is InChI=1S/C28H45NO6Si/c1-10-23(35-36(8,9)28(5,6)7)19(3)25(34-24(30)11-2)20(4)26(31)29-22(18-33-27(29)32)17-21-15-13-12-14-16-21/h12-16,19-20,22-23,25H,10-11,17-18H2,1-9H3/t19-,20+,22+,23+,25-/m0/s1. The van der Waals surface area contributed by atoms with Gasteiger partial charge in [0.15, 0.2) is 8.32 Å². The van der Waals surface area contributed by atoms with Gasteiger partial charge < -0.3 is 13.9 Å². The summed E-state index contributed by atoms with van der Waals surface area (Å²) in [5, 5.41) is 0.0150. The van der Waals surface area contributed by atoms with E-state index in [1.807, 2.05) is 44.2 Å². The molecule has 1 aliphatic heterocycles. The highest BCUT2D eigenvalue weighted by atomic mass is 28.4. The number of nitrogens with zero attached hydrogens (tertiary/aromatic N) is 1. The van der Waals surface area contributed by atoms with E-state index in [1.165, 1.54) is 4.90 Å². The highest BCUT2D eigenvalue weighted by molar-refractivity contribution is 6.74. The van der Waals surface area contributed by atoms with Gasteiger partial charge in [-0.2, -0.15) is 0 Å². The minimum atomic E-state index is -2.11. The Morgan fingerprint density at radius 2 is 1.75 bits per heavy atom. The molecule has 8 heteroatoms. The van der Waals surface area contributed by atoms with Crippen molar-refractivity contribution < 1.29 is 28.3 Å². The van der Waals surface area contributed by atoms with Crippen LogP contribution in [-0.2, 0) is 29.9 Å². The van der Waals surface area contributed by atoms with Crippen molar-refractivity contribution in [2.75, 3.05) is 6.61 Å². The van der Waals surface area contributed by atoms with Crippen molar-refractivity contribution in [2.45, 2.75) is 104 Å². The second-order valence-electron chi connectivity index (χ2n) is 11.4. The summed E-state index contributed by atoms with van der Waals surface area (Å²) < 4.78 is 17.9. The zero-order valence-corrected chi connectivity index (χ0v) is 24.5.